The van der Waals surface area contributed by atoms with Crippen LogP contribution < -0.4 is 30.7 Å². The highest BCUT2D eigenvalue weighted by Gasteiger charge is 2.59. The fourth-order valence-corrected chi connectivity index (χ4v) is 17.7. The molecule has 6 aliphatic rings. The monoisotopic (exact) mass is 1370 g/mol. The lowest BCUT2D eigenvalue weighted by Crippen LogP contribution is -2.52. The number of piperazine rings is 2. The van der Waals surface area contributed by atoms with Crippen molar-refractivity contribution in [2.24, 2.45) is 52.3 Å². The van der Waals surface area contributed by atoms with Crippen LogP contribution in [0.15, 0.2) is 66.4 Å². The predicted molar refractivity (Wildman–Crippen MR) is 391 cm³/mol. The van der Waals surface area contributed by atoms with Gasteiger partial charge in [-0.25, -0.2) is 0 Å². The highest BCUT2D eigenvalue weighted by Crippen LogP contribution is 2.67. The molecular formula is C79H121N11O9. The van der Waals surface area contributed by atoms with Crippen molar-refractivity contribution in [1.82, 2.24) is 55.9 Å². The number of aromatic nitrogens is 3. The zero-order valence-corrected chi connectivity index (χ0v) is 61.1. The molecule has 1 aromatic heterocycles. The Bertz CT molecular complexity index is 3110. The highest BCUT2D eigenvalue weighted by atomic mass is 16.5. The number of aromatic hydroxyl groups is 2. The molecule has 0 unspecified atom stereocenters. The summed E-state index contributed by atoms with van der Waals surface area (Å²) in [6.45, 7) is 28.1. The van der Waals surface area contributed by atoms with E-state index in [1.165, 1.54) is 116 Å². The average Bonchev–Trinajstić information content (AvgIpc) is 1.66. The number of carbonyl (C=O) groups is 5. The first-order valence-electron chi connectivity index (χ1n) is 38.0. The van der Waals surface area contributed by atoms with Gasteiger partial charge in [-0.05, 0) is 204 Å². The standard InChI is InChI=1S/C79H121N11O9/c1-57(2)14-10-15-58(3)66-22-23-67-64-21-20-61-54-62(30-33-78(61,4)68(64)31-34-79(66,67)5)80-36-11-39-86-48-50-89(51-49-86)43-32-77(97)83-38-13-41-88-46-44-87(45-47-88)40-12-37-82-76(96)29-28-75(95)81-35-8-9-42-90-56-63(84-85-90)55-65(69(91)24-16-59-18-26-71(93)73(52-59)98-6)70(92)25-17-60-19-27-72(94)74(53-60)99-7/h16-20,24-27,52-53,56-58,62,64-68,80,93-94H,8-15,21-23,28-51,54-55H2,1-7H3,(H,81,95)(H,82,96)(H,83,97)/b24-16+,25-17+/t58-,62+,64+,66-,67+,68+,78+,79-/m1/s1. The molecule has 2 aromatic carbocycles. The second-order valence-corrected chi connectivity index (χ2v) is 30.7. The Kier molecular flexibility index (Phi) is 29.4. The number of phenolic OH excluding ortho intramolecular Hbond substituents is 2. The average molecular weight is 1370 g/mol. The molecule has 6 N–H and O–H groups in total. The molecule has 0 bridgehead atoms. The van der Waals surface area contributed by atoms with Crippen molar-refractivity contribution in [3.05, 3.63) is 83.2 Å². The van der Waals surface area contributed by atoms with E-state index in [4.69, 9.17) is 9.47 Å². The summed E-state index contributed by atoms with van der Waals surface area (Å²) in [7, 11) is 2.85. The van der Waals surface area contributed by atoms with Crippen LogP contribution in [0.2, 0.25) is 0 Å². The number of ether oxygens (including phenoxy) is 2. The van der Waals surface area contributed by atoms with Crippen molar-refractivity contribution >= 4 is 41.4 Å². The van der Waals surface area contributed by atoms with Crippen LogP contribution in [-0.2, 0) is 36.9 Å². The van der Waals surface area contributed by atoms with Crippen molar-refractivity contribution < 1.29 is 43.7 Å². The predicted octanol–water partition coefficient (Wildman–Crippen LogP) is 10.1. The maximum absolute atomic E-state index is 13.6. The van der Waals surface area contributed by atoms with E-state index in [9.17, 15) is 34.2 Å². The minimum Gasteiger partial charge on any atom is -0.504 e. The van der Waals surface area contributed by atoms with Gasteiger partial charge in [0.15, 0.2) is 34.6 Å². The number of amides is 3. The third-order valence-electron chi connectivity index (χ3n) is 23.6. The zero-order chi connectivity index (χ0) is 70.3. The fraction of sp³-hybridized carbons (Fsp3) is 0.684. The summed E-state index contributed by atoms with van der Waals surface area (Å²) in [4.78, 5) is 75.3. The first-order chi connectivity index (χ1) is 47.8. The Morgan fingerprint density at radius 1 is 0.616 bits per heavy atom. The van der Waals surface area contributed by atoms with Gasteiger partial charge in [-0.15, -0.1) is 5.10 Å². The first kappa shape index (κ1) is 76.7. The van der Waals surface area contributed by atoms with Gasteiger partial charge in [0.25, 0.3) is 0 Å². The Labute approximate surface area is 591 Å². The Morgan fingerprint density at radius 3 is 1.73 bits per heavy atom. The zero-order valence-electron chi connectivity index (χ0n) is 61.1. The second kappa shape index (κ2) is 38.0. The van der Waals surface area contributed by atoms with Crippen LogP contribution in [0, 0.1) is 52.3 Å². The maximum atomic E-state index is 13.6. The van der Waals surface area contributed by atoms with Gasteiger partial charge in [-0.1, -0.05) is 95.0 Å². The van der Waals surface area contributed by atoms with Crippen LogP contribution in [0.3, 0.4) is 0 Å². The minimum absolute atomic E-state index is 0.00686. The number of methoxy groups -OCH3 is 2. The molecule has 99 heavy (non-hydrogen) atoms. The number of carbonyl (C=O) groups excluding carboxylic acids is 5. The van der Waals surface area contributed by atoms with Gasteiger partial charge >= 0.3 is 0 Å². The van der Waals surface area contributed by atoms with Crippen LogP contribution >= 0.6 is 0 Å². The van der Waals surface area contributed by atoms with Crippen LogP contribution in [0.1, 0.15) is 173 Å². The lowest BCUT2D eigenvalue weighted by molar-refractivity contribution is -0.127. The van der Waals surface area contributed by atoms with Crippen molar-refractivity contribution in [2.45, 2.75) is 176 Å². The lowest BCUT2D eigenvalue weighted by atomic mass is 9.47. The third-order valence-corrected chi connectivity index (χ3v) is 23.6. The highest BCUT2D eigenvalue weighted by molar-refractivity contribution is 6.13. The number of ketones is 2. The summed E-state index contributed by atoms with van der Waals surface area (Å²) in [5.41, 5.74) is 4.40. The Balaban J connectivity index is 0.551. The third kappa shape index (κ3) is 22.3. The smallest absolute Gasteiger partial charge is 0.221 e. The fourth-order valence-electron chi connectivity index (χ4n) is 17.7. The summed E-state index contributed by atoms with van der Waals surface area (Å²) in [5, 5.41) is 41.5. The quantitative estimate of drug-likeness (QED) is 0.0135. The summed E-state index contributed by atoms with van der Waals surface area (Å²) in [6, 6.07) is 9.93. The number of phenols is 2. The normalized spacial score (nSPS) is 24.2. The molecule has 5 fully saturated rings. The molecule has 2 aliphatic heterocycles. The molecule has 3 amide bonds. The molecular weight excluding hydrogens is 1250 g/mol. The molecule has 3 heterocycles. The Morgan fingerprint density at radius 2 is 1.16 bits per heavy atom. The van der Waals surface area contributed by atoms with Crippen LogP contribution in [0.5, 0.6) is 23.0 Å². The van der Waals surface area contributed by atoms with Crippen molar-refractivity contribution in [3.8, 4) is 23.0 Å². The van der Waals surface area contributed by atoms with Crippen LogP contribution in [-0.4, -0.2) is 199 Å². The largest absolute Gasteiger partial charge is 0.504 e. The number of rotatable bonds is 39. The van der Waals surface area contributed by atoms with Crippen molar-refractivity contribution in [3.63, 3.8) is 0 Å². The minimum atomic E-state index is -1.12. The van der Waals surface area contributed by atoms with Gasteiger partial charge in [0.2, 0.25) is 17.7 Å². The van der Waals surface area contributed by atoms with E-state index in [0.717, 1.165) is 133 Å². The van der Waals surface area contributed by atoms with Gasteiger partial charge in [0.1, 0.15) is 0 Å². The number of unbranched alkanes of at least 4 members (excludes halogenated alkanes) is 1. The van der Waals surface area contributed by atoms with E-state index in [-0.39, 0.29) is 60.0 Å². The molecule has 4 aliphatic carbocycles. The number of nitrogens with zero attached hydrogens (tertiary/aromatic N) is 7. The molecule has 8 atom stereocenters. The second-order valence-electron chi connectivity index (χ2n) is 30.7. The van der Waals surface area contributed by atoms with E-state index in [1.807, 2.05) is 0 Å². The number of allylic oxidation sites excluding steroid dienone is 3. The number of fused-ring (bicyclic) bond motifs is 5. The molecule has 20 heteroatoms. The molecule has 0 radical (unpaired) electrons. The van der Waals surface area contributed by atoms with Gasteiger partial charge in [0, 0.05) is 123 Å². The van der Waals surface area contributed by atoms with E-state index in [2.05, 4.69) is 91.9 Å². The molecule has 20 nitrogen and oxygen atoms in total. The molecule has 9 rings (SSSR count). The summed E-state index contributed by atoms with van der Waals surface area (Å²) in [6.07, 6.45) is 30.7. The van der Waals surface area contributed by atoms with Gasteiger partial charge in [-0.2, -0.15) is 0 Å². The topological polar surface area (TPSA) is 236 Å². The van der Waals surface area contributed by atoms with E-state index < -0.39 is 17.5 Å². The molecule has 3 saturated carbocycles. The maximum Gasteiger partial charge on any atom is 0.221 e. The van der Waals surface area contributed by atoms with Gasteiger partial charge < -0.3 is 60.6 Å². The number of hydrogen-bond donors (Lipinski definition) is 6. The van der Waals surface area contributed by atoms with Gasteiger partial charge in [-0.3, -0.25) is 28.7 Å². The number of benzene rings is 2. The molecule has 0 spiro atoms. The van der Waals surface area contributed by atoms with Crippen LogP contribution in [0.4, 0.5) is 0 Å². The SMILES string of the molecule is COc1cc(/C=C/C(=O)C(Cc2cn(CCCCNC(=O)CCC(=O)NCCCN3CCN(CCCNC(=O)CCN4CCN(CCCN[C@H]5CC[C@@]6(C)C(=CC[C@H]7[C@@H]8CC[C@H]([C@H](C)CCCC(C)C)[C@@]8(C)CC[C@@H]76)C5)CC4)CC3)nn2)C(=O)/C=C/c2ccc(O)c(OC)c2)ccc1O. The number of hydrogen-bond acceptors (Lipinski definition) is 16. The number of aryl methyl sites for hydroxylation is 1. The number of nitrogens with one attached hydrogen (secondary N) is 4. The van der Waals surface area contributed by atoms with Gasteiger partial charge in [0.05, 0.1) is 25.8 Å². The van der Waals surface area contributed by atoms with E-state index >= 15 is 0 Å². The molecule has 2 saturated heterocycles. The van der Waals surface area contributed by atoms with Crippen molar-refractivity contribution in [2.75, 3.05) is 119 Å². The Hall–Kier alpha value is -6.45. The van der Waals surface area contributed by atoms with E-state index in [0.29, 0.717) is 79.1 Å². The lowest BCUT2D eigenvalue weighted by Gasteiger charge is -2.58. The van der Waals surface area contributed by atoms with Crippen molar-refractivity contribution in [1.29, 1.82) is 0 Å². The molecule has 3 aromatic rings. The summed E-state index contributed by atoms with van der Waals surface area (Å²) in [5.74, 6) is 3.55. The van der Waals surface area contributed by atoms with E-state index in [1.54, 1.807) is 52.9 Å². The molecule has 546 valence electrons. The summed E-state index contributed by atoms with van der Waals surface area (Å²) >= 11 is 0. The first-order valence-corrected chi connectivity index (χ1v) is 38.0. The van der Waals surface area contributed by atoms with Crippen LogP contribution in [0.25, 0.3) is 12.2 Å². The summed E-state index contributed by atoms with van der Waals surface area (Å²) < 4.78 is 12.0.